The minimum atomic E-state index is -0.678. The molecule has 2 rings (SSSR count). The highest BCUT2D eigenvalue weighted by atomic mass is 19.1. The normalized spacial score (nSPS) is 13.0. The van der Waals surface area contributed by atoms with Crippen LogP contribution in [0.4, 0.5) is 4.39 Å². The van der Waals surface area contributed by atoms with E-state index in [2.05, 4.69) is 5.32 Å². The third-order valence-electron chi connectivity index (χ3n) is 3.74. The second-order valence-corrected chi connectivity index (χ2v) is 5.46. The summed E-state index contributed by atoms with van der Waals surface area (Å²) in [6, 6.07) is 13.1. The molecule has 1 N–H and O–H groups in total. The van der Waals surface area contributed by atoms with E-state index in [-0.39, 0.29) is 17.8 Å². The minimum Gasteiger partial charge on any atom is -0.497 e. The zero-order chi connectivity index (χ0) is 17.5. The molecule has 0 saturated heterocycles. The average Bonchev–Trinajstić information content (AvgIpc) is 2.61. The summed E-state index contributed by atoms with van der Waals surface area (Å²) in [6.45, 7) is 3.67. The number of rotatable bonds is 7. The Bertz CT molecular complexity index is 655. The predicted octanol–water partition coefficient (Wildman–Crippen LogP) is 3.87. The van der Waals surface area contributed by atoms with Gasteiger partial charge < -0.3 is 14.8 Å². The van der Waals surface area contributed by atoms with Crippen LogP contribution in [0, 0.1) is 5.82 Å². The lowest BCUT2D eigenvalue weighted by atomic mass is 10.0. The molecule has 0 aliphatic carbocycles. The molecule has 0 bridgehead atoms. The standard InChI is InChI=1S/C19H22FNO3/c1-4-18(14-5-9-16(23-3)10-6-14)21-19(22)13(2)24-17-11-7-15(20)8-12-17/h5-13,18H,4H2,1-3H3,(H,21,22)/t13-,18-/m1/s1. The van der Waals surface area contributed by atoms with Gasteiger partial charge in [-0.25, -0.2) is 4.39 Å². The first-order chi connectivity index (χ1) is 11.5. The molecule has 0 aromatic heterocycles. The molecular formula is C19H22FNO3. The fourth-order valence-corrected chi connectivity index (χ4v) is 2.32. The van der Waals surface area contributed by atoms with Gasteiger partial charge in [-0.3, -0.25) is 4.79 Å². The van der Waals surface area contributed by atoms with Crippen LogP contribution < -0.4 is 14.8 Å². The zero-order valence-corrected chi connectivity index (χ0v) is 14.1. The summed E-state index contributed by atoms with van der Waals surface area (Å²) in [5.41, 5.74) is 1.00. The topological polar surface area (TPSA) is 47.6 Å². The molecule has 128 valence electrons. The number of nitrogens with one attached hydrogen (secondary N) is 1. The van der Waals surface area contributed by atoms with E-state index in [9.17, 15) is 9.18 Å². The van der Waals surface area contributed by atoms with Crippen LogP contribution in [0.2, 0.25) is 0 Å². The van der Waals surface area contributed by atoms with Gasteiger partial charge in [-0.15, -0.1) is 0 Å². The zero-order valence-electron chi connectivity index (χ0n) is 14.1. The van der Waals surface area contributed by atoms with Crippen LogP contribution in [-0.4, -0.2) is 19.1 Å². The largest absolute Gasteiger partial charge is 0.497 e. The number of ether oxygens (including phenoxy) is 2. The smallest absolute Gasteiger partial charge is 0.261 e. The molecule has 0 spiro atoms. The lowest BCUT2D eigenvalue weighted by molar-refractivity contribution is -0.128. The van der Waals surface area contributed by atoms with Gasteiger partial charge >= 0.3 is 0 Å². The second kappa shape index (κ2) is 8.34. The first-order valence-corrected chi connectivity index (χ1v) is 7.90. The molecule has 1 amide bonds. The summed E-state index contributed by atoms with van der Waals surface area (Å²) in [5, 5.41) is 2.97. The fraction of sp³-hybridized carbons (Fsp3) is 0.316. The number of carbonyl (C=O) groups is 1. The highest BCUT2D eigenvalue weighted by Crippen LogP contribution is 2.20. The van der Waals surface area contributed by atoms with Crippen molar-refractivity contribution >= 4 is 5.91 Å². The van der Waals surface area contributed by atoms with E-state index in [0.29, 0.717) is 5.75 Å². The van der Waals surface area contributed by atoms with Crippen molar-refractivity contribution in [2.75, 3.05) is 7.11 Å². The van der Waals surface area contributed by atoms with Crippen molar-refractivity contribution in [2.24, 2.45) is 0 Å². The number of carbonyl (C=O) groups excluding carboxylic acids is 1. The molecule has 2 aromatic rings. The maximum Gasteiger partial charge on any atom is 0.261 e. The molecule has 0 unspecified atom stereocenters. The van der Waals surface area contributed by atoms with Gasteiger partial charge in [0, 0.05) is 0 Å². The number of methoxy groups -OCH3 is 1. The Balaban J connectivity index is 1.98. The van der Waals surface area contributed by atoms with Gasteiger partial charge in [-0.2, -0.15) is 0 Å². The van der Waals surface area contributed by atoms with Crippen molar-refractivity contribution in [3.8, 4) is 11.5 Å². The maximum atomic E-state index is 12.9. The van der Waals surface area contributed by atoms with E-state index >= 15 is 0 Å². The van der Waals surface area contributed by atoms with Crippen LogP contribution in [0.25, 0.3) is 0 Å². The summed E-state index contributed by atoms with van der Waals surface area (Å²) in [4.78, 5) is 12.3. The van der Waals surface area contributed by atoms with Crippen molar-refractivity contribution in [3.05, 3.63) is 59.9 Å². The van der Waals surface area contributed by atoms with Crippen LogP contribution in [0.15, 0.2) is 48.5 Å². The average molecular weight is 331 g/mol. The van der Waals surface area contributed by atoms with Gasteiger partial charge in [-0.05, 0) is 55.3 Å². The van der Waals surface area contributed by atoms with E-state index in [0.717, 1.165) is 17.7 Å². The molecule has 0 aliphatic rings. The van der Waals surface area contributed by atoms with E-state index in [1.54, 1.807) is 14.0 Å². The molecule has 5 heteroatoms. The third-order valence-corrected chi connectivity index (χ3v) is 3.74. The van der Waals surface area contributed by atoms with E-state index in [4.69, 9.17) is 9.47 Å². The van der Waals surface area contributed by atoms with Crippen LogP contribution in [-0.2, 0) is 4.79 Å². The molecule has 0 aliphatic heterocycles. The summed E-state index contributed by atoms with van der Waals surface area (Å²) in [7, 11) is 1.61. The molecule has 4 nitrogen and oxygen atoms in total. The first-order valence-electron chi connectivity index (χ1n) is 7.90. The van der Waals surface area contributed by atoms with Crippen molar-refractivity contribution in [1.29, 1.82) is 0 Å². The second-order valence-electron chi connectivity index (χ2n) is 5.46. The minimum absolute atomic E-state index is 0.109. The van der Waals surface area contributed by atoms with Gasteiger partial charge in [0.25, 0.3) is 5.91 Å². The quantitative estimate of drug-likeness (QED) is 0.838. The Hall–Kier alpha value is -2.56. The van der Waals surface area contributed by atoms with Crippen molar-refractivity contribution in [2.45, 2.75) is 32.4 Å². The lowest BCUT2D eigenvalue weighted by Gasteiger charge is -2.21. The van der Waals surface area contributed by atoms with Crippen LogP contribution in [0.3, 0.4) is 0 Å². The maximum absolute atomic E-state index is 12.9. The summed E-state index contributed by atoms with van der Waals surface area (Å²) >= 11 is 0. The van der Waals surface area contributed by atoms with Gasteiger partial charge in [-0.1, -0.05) is 19.1 Å². The molecule has 0 fully saturated rings. The van der Waals surface area contributed by atoms with Crippen LogP contribution in [0.1, 0.15) is 31.9 Å². The number of benzene rings is 2. The number of halogens is 1. The Morgan fingerprint density at radius 3 is 2.21 bits per heavy atom. The Morgan fingerprint density at radius 2 is 1.67 bits per heavy atom. The van der Waals surface area contributed by atoms with Gasteiger partial charge in [0.05, 0.1) is 13.2 Å². The number of hydrogen-bond donors (Lipinski definition) is 1. The highest BCUT2D eigenvalue weighted by molar-refractivity contribution is 5.81. The Kier molecular flexibility index (Phi) is 6.18. The summed E-state index contributed by atoms with van der Waals surface area (Å²) in [5.74, 6) is 0.663. The first kappa shape index (κ1) is 17.8. The highest BCUT2D eigenvalue weighted by Gasteiger charge is 2.19. The van der Waals surface area contributed by atoms with Crippen LogP contribution >= 0.6 is 0 Å². The molecule has 0 radical (unpaired) electrons. The lowest BCUT2D eigenvalue weighted by Crippen LogP contribution is -2.38. The molecule has 0 saturated carbocycles. The molecular weight excluding hydrogens is 309 g/mol. The van der Waals surface area contributed by atoms with Crippen molar-refractivity contribution in [1.82, 2.24) is 5.32 Å². The van der Waals surface area contributed by atoms with E-state index in [1.807, 2.05) is 31.2 Å². The SMILES string of the molecule is CC[C@@H](NC(=O)[C@@H](C)Oc1ccc(F)cc1)c1ccc(OC)cc1. The van der Waals surface area contributed by atoms with Gasteiger partial charge in [0.15, 0.2) is 6.10 Å². The number of hydrogen-bond acceptors (Lipinski definition) is 3. The van der Waals surface area contributed by atoms with E-state index < -0.39 is 6.10 Å². The predicted molar refractivity (Wildman–Crippen MR) is 90.7 cm³/mol. The monoisotopic (exact) mass is 331 g/mol. The molecule has 2 aromatic carbocycles. The number of amides is 1. The van der Waals surface area contributed by atoms with Crippen molar-refractivity contribution in [3.63, 3.8) is 0 Å². The summed E-state index contributed by atoms with van der Waals surface area (Å²) in [6.07, 6.45) is 0.0733. The third kappa shape index (κ3) is 4.72. The van der Waals surface area contributed by atoms with Crippen molar-refractivity contribution < 1.29 is 18.7 Å². The Morgan fingerprint density at radius 1 is 1.08 bits per heavy atom. The van der Waals surface area contributed by atoms with Gasteiger partial charge in [0.2, 0.25) is 0 Å². The molecule has 0 heterocycles. The summed E-state index contributed by atoms with van der Waals surface area (Å²) < 4.78 is 23.6. The fourth-order valence-electron chi connectivity index (χ4n) is 2.32. The van der Waals surface area contributed by atoms with Crippen LogP contribution in [0.5, 0.6) is 11.5 Å². The molecule has 2 atom stereocenters. The Labute approximate surface area is 141 Å². The van der Waals surface area contributed by atoms with E-state index in [1.165, 1.54) is 24.3 Å². The van der Waals surface area contributed by atoms with Gasteiger partial charge in [0.1, 0.15) is 17.3 Å². The molecule has 24 heavy (non-hydrogen) atoms.